The van der Waals surface area contributed by atoms with Gasteiger partial charge < -0.3 is 5.11 Å². The molecule has 2 aromatic rings. The lowest BCUT2D eigenvalue weighted by Crippen LogP contribution is -2.49. The summed E-state index contributed by atoms with van der Waals surface area (Å²) in [6.45, 7) is 6.14. The number of nitrogens with zero attached hydrogens (tertiary/aromatic N) is 2. The highest BCUT2D eigenvalue weighted by Gasteiger charge is 2.36. The summed E-state index contributed by atoms with van der Waals surface area (Å²) in [7, 11) is 0. The van der Waals surface area contributed by atoms with Gasteiger partial charge in [-0.3, -0.25) is 9.80 Å². The molecule has 3 nitrogen and oxygen atoms in total. The van der Waals surface area contributed by atoms with Crippen molar-refractivity contribution in [3.63, 3.8) is 0 Å². The third kappa shape index (κ3) is 3.91. The van der Waals surface area contributed by atoms with Gasteiger partial charge in [0.2, 0.25) is 0 Å². The minimum Gasteiger partial charge on any atom is -0.392 e. The van der Waals surface area contributed by atoms with Gasteiger partial charge in [0.05, 0.1) is 6.10 Å². The van der Waals surface area contributed by atoms with Crippen molar-refractivity contribution in [2.45, 2.75) is 31.4 Å². The Kier molecular flexibility index (Phi) is 5.26. The summed E-state index contributed by atoms with van der Waals surface area (Å²) in [6.07, 6.45) is 0.571. The molecule has 0 saturated carbocycles. The summed E-state index contributed by atoms with van der Waals surface area (Å²) in [5, 5.41) is 9.60. The minimum atomic E-state index is -0.319. The van der Waals surface area contributed by atoms with Gasteiger partial charge in [-0.1, -0.05) is 18.2 Å². The number of hydrogen-bond acceptors (Lipinski definition) is 3. The van der Waals surface area contributed by atoms with Crippen molar-refractivity contribution in [3.05, 3.63) is 70.8 Å². The predicted octanol–water partition coefficient (Wildman–Crippen LogP) is 3.54. The molecule has 0 amide bonds. The second-order valence-corrected chi connectivity index (χ2v) is 7.81. The quantitative estimate of drug-likeness (QED) is 0.889. The number of aliphatic hydroxyl groups is 1. The van der Waals surface area contributed by atoms with Crippen LogP contribution in [0.15, 0.2) is 42.5 Å². The number of aliphatic hydroxyl groups excluding tert-OH is 1. The lowest BCUT2D eigenvalue weighted by atomic mass is 9.93. The van der Waals surface area contributed by atoms with Crippen LogP contribution in [-0.2, 0) is 0 Å². The highest BCUT2D eigenvalue weighted by atomic mass is 19.1. The molecule has 0 spiro atoms. The first-order valence-electron chi connectivity index (χ1n) is 9.70. The molecule has 27 heavy (non-hydrogen) atoms. The molecule has 1 unspecified atom stereocenters. The molecule has 0 aromatic heterocycles. The fraction of sp³-hybridized carbons (Fsp3) is 0.455. The van der Waals surface area contributed by atoms with Crippen molar-refractivity contribution in [1.82, 2.24) is 9.80 Å². The van der Waals surface area contributed by atoms with Crippen LogP contribution in [0.4, 0.5) is 8.78 Å². The molecule has 1 aliphatic carbocycles. The molecule has 1 fully saturated rings. The van der Waals surface area contributed by atoms with Crippen LogP contribution in [0, 0.1) is 11.6 Å². The van der Waals surface area contributed by atoms with Crippen molar-refractivity contribution >= 4 is 0 Å². The van der Waals surface area contributed by atoms with Crippen molar-refractivity contribution < 1.29 is 13.9 Å². The van der Waals surface area contributed by atoms with Gasteiger partial charge in [-0.15, -0.1) is 0 Å². The fourth-order valence-corrected chi connectivity index (χ4v) is 4.62. The summed E-state index contributed by atoms with van der Waals surface area (Å²) in [6, 6.07) is 12.0. The number of rotatable bonds is 4. The van der Waals surface area contributed by atoms with E-state index in [-0.39, 0.29) is 29.7 Å². The van der Waals surface area contributed by atoms with E-state index in [4.69, 9.17) is 0 Å². The zero-order valence-electron chi connectivity index (χ0n) is 15.6. The monoisotopic (exact) mass is 372 g/mol. The Morgan fingerprint density at radius 2 is 1.63 bits per heavy atom. The molecule has 0 radical (unpaired) electrons. The van der Waals surface area contributed by atoms with E-state index in [2.05, 4.69) is 9.80 Å². The maximum absolute atomic E-state index is 14.0. The van der Waals surface area contributed by atoms with E-state index in [9.17, 15) is 13.9 Å². The number of halogens is 2. The van der Waals surface area contributed by atoms with Gasteiger partial charge in [-0.05, 0) is 54.3 Å². The molecule has 5 heteroatoms. The number of hydrogen-bond donors (Lipinski definition) is 1. The maximum atomic E-state index is 14.0. The molecule has 4 rings (SSSR count). The third-order valence-corrected chi connectivity index (χ3v) is 5.88. The molecule has 3 atom stereocenters. The van der Waals surface area contributed by atoms with Gasteiger partial charge >= 0.3 is 0 Å². The Labute approximate surface area is 159 Å². The van der Waals surface area contributed by atoms with Crippen LogP contribution >= 0.6 is 0 Å². The Bertz CT molecular complexity index is 785. The molecular weight excluding hydrogens is 346 g/mol. The lowest BCUT2D eigenvalue weighted by molar-refractivity contribution is 0.0614. The van der Waals surface area contributed by atoms with Crippen LogP contribution in [-0.4, -0.2) is 53.7 Å². The van der Waals surface area contributed by atoms with Crippen LogP contribution < -0.4 is 0 Å². The number of benzene rings is 2. The topological polar surface area (TPSA) is 26.7 Å². The van der Waals surface area contributed by atoms with Crippen LogP contribution in [0.2, 0.25) is 0 Å². The summed E-state index contributed by atoms with van der Waals surface area (Å²) in [4.78, 5) is 4.71. The first kappa shape index (κ1) is 18.5. The number of fused-ring (bicyclic) bond motifs is 1. The second-order valence-electron chi connectivity index (χ2n) is 7.81. The van der Waals surface area contributed by atoms with Gasteiger partial charge in [-0.2, -0.15) is 0 Å². The van der Waals surface area contributed by atoms with E-state index in [1.165, 1.54) is 18.2 Å². The van der Waals surface area contributed by atoms with Crippen LogP contribution in [0.5, 0.6) is 0 Å². The Morgan fingerprint density at radius 1 is 0.963 bits per heavy atom. The number of piperazine rings is 1. The van der Waals surface area contributed by atoms with Crippen molar-refractivity contribution in [2.24, 2.45) is 0 Å². The van der Waals surface area contributed by atoms with E-state index in [0.717, 1.165) is 49.3 Å². The molecule has 2 aliphatic rings. The SMILES string of the molecule is CC(O)CN1CCN([C@H]2C[C@H](c3ccc(F)cc3)c3ccc(F)cc32)CC1. The van der Waals surface area contributed by atoms with E-state index < -0.39 is 0 Å². The van der Waals surface area contributed by atoms with Crippen LogP contribution in [0.1, 0.15) is 42.0 Å². The molecule has 1 N–H and O–H groups in total. The van der Waals surface area contributed by atoms with E-state index in [1.807, 2.05) is 25.1 Å². The largest absolute Gasteiger partial charge is 0.392 e. The smallest absolute Gasteiger partial charge is 0.123 e. The minimum absolute atomic E-state index is 0.168. The molecular formula is C22H26F2N2O. The first-order chi connectivity index (χ1) is 13.0. The normalized spacial score (nSPS) is 24.7. The fourth-order valence-electron chi connectivity index (χ4n) is 4.62. The highest BCUT2D eigenvalue weighted by Crippen LogP contribution is 2.47. The summed E-state index contributed by atoms with van der Waals surface area (Å²) < 4.78 is 27.3. The molecule has 1 aliphatic heterocycles. The summed E-state index contributed by atoms with van der Waals surface area (Å²) in [5.41, 5.74) is 3.30. The van der Waals surface area contributed by atoms with E-state index in [0.29, 0.717) is 6.54 Å². The van der Waals surface area contributed by atoms with Crippen molar-refractivity contribution in [2.75, 3.05) is 32.7 Å². The standard InChI is InChI=1S/C22H26F2N2O/c1-15(27)14-25-8-10-26(11-9-25)22-13-20(16-2-4-17(23)5-3-16)19-7-6-18(24)12-21(19)22/h2-7,12,15,20,22,27H,8-11,13-14H2,1H3/t15?,20-,22+/m1/s1. The second kappa shape index (κ2) is 7.66. The summed E-state index contributed by atoms with van der Waals surface area (Å²) in [5.74, 6) is -0.269. The zero-order chi connectivity index (χ0) is 19.0. The number of β-amino-alcohol motifs (C(OH)–C–C–N with tert-alkyl or cyclic N) is 1. The maximum Gasteiger partial charge on any atom is 0.123 e. The molecule has 2 aromatic carbocycles. The van der Waals surface area contributed by atoms with Gasteiger partial charge in [0.1, 0.15) is 11.6 Å². The Morgan fingerprint density at radius 3 is 2.30 bits per heavy atom. The highest BCUT2D eigenvalue weighted by molar-refractivity contribution is 5.45. The van der Waals surface area contributed by atoms with Crippen LogP contribution in [0.25, 0.3) is 0 Å². The van der Waals surface area contributed by atoms with Crippen molar-refractivity contribution in [3.8, 4) is 0 Å². The van der Waals surface area contributed by atoms with Gasteiger partial charge in [0.25, 0.3) is 0 Å². The average molecular weight is 372 g/mol. The Hall–Kier alpha value is -1.82. The van der Waals surface area contributed by atoms with E-state index >= 15 is 0 Å². The van der Waals surface area contributed by atoms with Gasteiger partial charge in [0.15, 0.2) is 0 Å². The van der Waals surface area contributed by atoms with Crippen LogP contribution in [0.3, 0.4) is 0 Å². The molecule has 1 heterocycles. The van der Waals surface area contributed by atoms with E-state index in [1.54, 1.807) is 6.07 Å². The zero-order valence-corrected chi connectivity index (χ0v) is 15.6. The molecule has 144 valence electrons. The lowest BCUT2D eigenvalue weighted by Gasteiger charge is -2.38. The van der Waals surface area contributed by atoms with Crippen molar-refractivity contribution in [1.29, 1.82) is 0 Å². The molecule has 0 bridgehead atoms. The average Bonchev–Trinajstić information content (AvgIpc) is 3.01. The van der Waals surface area contributed by atoms with Gasteiger partial charge in [0, 0.05) is 44.7 Å². The Balaban J connectivity index is 1.56. The summed E-state index contributed by atoms with van der Waals surface area (Å²) >= 11 is 0. The third-order valence-electron chi connectivity index (χ3n) is 5.88. The first-order valence-corrected chi connectivity index (χ1v) is 9.70. The predicted molar refractivity (Wildman–Crippen MR) is 102 cm³/mol. The van der Waals surface area contributed by atoms with Gasteiger partial charge in [-0.25, -0.2) is 8.78 Å². The molecule has 1 saturated heterocycles.